The van der Waals surface area contributed by atoms with Crippen LogP contribution in [0, 0.1) is 23.2 Å². The number of carboxylic acid groups (broad SMARTS) is 1. The van der Waals surface area contributed by atoms with Gasteiger partial charge in [0.2, 0.25) is 0 Å². The van der Waals surface area contributed by atoms with Gasteiger partial charge in [0.05, 0.1) is 31.2 Å². The van der Waals surface area contributed by atoms with E-state index in [1.807, 2.05) is 6.07 Å². The highest BCUT2D eigenvalue weighted by Crippen LogP contribution is 2.14. The van der Waals surface area contributed by atoms with Crippen molar-refractivity contribution in [3.63, 3.8) is 0 Å². The molecule has 1 heterocycles. The largest absolute Gasteiger partial charge is 0.481 e. The number of carboxylic acids is 1. The lowest BCUT2D eigenvalue weighted by molar-refractivity contribution is -0.142. The molecule has 7 heteroatoms. The summed E-state index contributed by atoms with van der Waals surface area (Å²) in [7, 11) is 1.56. The molecule has 1 fully saturated rings. The van der Waals surface area contributed by atoms with Crippen molar-refractivity contribution in [2.24, 2.45) is 11.8 Å². The fourth-order valence-electron chi connectivity index (χ4n) is 1.74. The lowest BCUT2D eigenvalue weighted by Gasteiger charge is -2.22. The Balaban J connectivity index is 2.49. The third kappa shape index (κ3) is 3.60. The van der Waals surface area contributed by atoms with Crippen molar-refractivity contribution < 1.29 is 19.4 Å². The molecule has 0 saturated carbocycles. The minimum Gasteiger partial charge on any atom is -0.481 e. The lowest BCUT2D eigenvalue weighted by Crippen LogP contribution is -2.48. The Hall–Kier alpha value is -1.81. The van der Waals surface area contributed by atoms with Gasteiger partial charge in [-0.3, -0.25) is 4.79 Å². The van der Waals surface area contributed by atoms with E-state index >= 15 is 0 Å². The van der Waals surface area contributed by atoms with Crippen LogP contribution in [0.4, 0.5) is 4.79 Å². The number of rotatable bonds is 4. The van der Waals surface area contributed by atoms with Crippen molar-refractivity contribution in [3.8, 4) is 6.07 Å². The van der Waals surface area contributed by atoms with Gasteiger partial charge in [0.15, 0.2) is 0 Å². The molecule has 100 valence electrons. The zero-order chi connectivity index (χ0) is 13.7. The minimum atomic E-state index is -0.981. The van der Waals surface area contributed by atoms with Gasteiger partial charge >= 0.3 is 12.0 Å². The van der Waals surface area contributed by atoms with Crippen LogP contribution >= 0.6 is 0 Å². The first kappa shape index (κ1) is 14.3. The maximum Gasteiger partial charge on any atom is 0.317 e. The van der Waals surface area contributed by atoms with Crippen molar-refractivity contribution in [1.29, 1.82) is 5.26 Å². The number of nitrogens with zero attached hydrogens (tertiary/aromatic N) is 2. The zero-order valence-electron chi connectivity index (χ0n) is 10.4. The van der Waals surface area contributed by atoms with E-state index in [9.17, 15) is 9.59 Å². The fourth-order valence-corrected chi connectivity index (χ4v) is 1.74. The molecule has 1 rings (SSSR count). The number of aliphatic carboxylic acids is 1. The number of carbonyl (C=O) groups excluding carboxylic acids is 1. The first-order valence-corrected chi connectivity index (χ1v) is 5.67. The quantitative estimate of drug-likeness (QED) is 0.729. The van der Waals surface area contributed by atoms with Crippen LogP contribution in [0.3, 0.4) is 0 Å². The van der Waals surface area contributed by atoms with Crippen LogP contribution in [0.1, 0.15) is 6.92 Å². The smallest absolute Gasteiger partial charge is 0.317 e. The van der Waals surface area contributed by atoms with E-state index in [-0.39, 0.29) is 25.2 Å². The number of hydrogen-bond donors (Lipinski definition) is 2. The maximum absolute atomic E-state index is 11.8. The van der Waals surface area contributed by atoms with Gasteiger partial charge in [-0.2, -0.15) is 5.26 Å². The molecule has 2 amide bonds. The Labute approximate surface area is 105 Å². The van der Waals surface area contributed by atoms with Gasteiger partial charge in [0.25, 0.3) is 0 Å². The summed E-state index contributed by atoms with van der Waals surface area (Å²) in [5.74, 6) is -1.96. The normalized spacial score (nSPS) is 24.1. The summed E-state index contributed by atoms with van der Waals surface area (Å²) < 4.78 is 5.05. The molecule has 0 radical (unpaired) electrons. The number of nitrogens with one attached hydrogen (secondary N) is 1. The third-order valence-electron chi connectivity index (χ3n) is 2.82. The van der Waals surface area contributed by atoms with Crippen LogP contribution in [-0.2, 0) is 9.53 Å². The van der Waals surface area contributed by atoms with Crippen LogP contribution < -0.4 is 5.32 Å². The summed E-state index contributed by atoms with van der Waals surface area (Å²) in [6, 6.07) is 1.12. The van der Waals surface area contributed by atoms with Crippen LogP contribution in [-0.4, -0.2) is 54.9 Å². The molecule has 1 aliphatic heterocycles. The molecular formula is C11H17N3O4. The number of carbonyl (C=O) groups is 2. The van der Waals surface area contributed by atoms with Gasteiger partial charge in [0, 0.05) is 13.6 Å². The van der Waals surface area contributed by atoms with Gasteiger partial charge in [-0.1, -0.05) is 0 Å². The van der Waals surface area contributed by atoms with E-state index in [1.165, 1.54) is 4.90 Å². The van der Waals surface area contributed by atoms with E-state index in [4.69, 9.17) is 15.1 Å². The molecule has 3 unspecified atom stereocenters. The Morgan fingerprint density at radius 2 is 2.28 bits per heavy atom. The topological polar surface area (TPSA) is 103 Å². The number of amides is 2. The first-order valence-electron chi connectivity index (χ1n) is 5.67. The number of ether oxygens (including phenoxy) is 1. The van der Waals surface area contributed by atoms with Gasteiger partial charge in [0.1, 0.15) is 5.92 Å². The third-order valence-corrected chi connectivity index (χ3v) is 2.82. The second-order valence-corrected chi connectivity index (χ2v) is 4.45. The van der Waals surface area contributed by atoms with E-state index in [1.54, 1.807) is 14.0 Å². The van der Waals surface area contributed by atoms with E-state index in [0.29, 0.717) is 6.54 Å². The number of nitriles is 1. The van der Waals surface area contributed by atoms with Gasteiger partial charge in [-0.15, -0.1) is 0 Å². The van der Waals surface area contributed by atoms with E-state index in [2.05, 4.69) is 5.32 Å². The molecule has 0 spiro atoms. The molecule has 0 aromatic heterocycles. The highest BCUT2D eigenvalue weighted by Gasteiger charge is 2.35. The summed E-state index contributed by atoms with van der Waals surface area (Å²) in [4.78, 5) is 24.0. The molecule has 2 N–H and O–H groups in total. The van der Waals surface area contributed by atoms with E-state index < -0.39 is 17.9 Å². The standard InChI is InChI=1S/C11H17N3O4/c1-7(3-12)4-14(2)11(17)13-9-6-18-5-8(9)10(15)16/h7-9H,4-6H2,1-2H3,(H,13,17)(H,15,16). The van der Waals surface area contributed by atoms with Crippen molar-refractivity contribution in [2.75, 3.05) is 26.8 Å². The van der Waals surface area contributed by atoms with Gasteiger partial charge < -0.3 is 20.1 Å². The summed E-state index contributed by atoms with van der Waals surface area (Å²) in [6.07, 6.45) is 0. The molecule has 1 saturated heterocycles. The number of hydrogen-bond acceptors (Lipinski definition) is 4. The summed E-state index contributed by atoms with van der Waals surface area (Å²) in [5.41, 5.74) is 0. The predicted octanol–water partition coefficient (Wildman–Crippen LogP) is -0.113. The Morgan fingerprint density at radius 1 is 1.61 bits per heavy atom. The van der Waals surface area contributed by atoms with Crippen molar-refractivity contribution in [3.05, 3.63) is 0 Å². The van der Waals surface area contributed by atoms with E-state index in [0.717, 1.165) is 0 Å². The summed E-state index contributed by atoms with van der Waals surface area (Å²) >= 11 is 0. The molecule has 7 nitrogen and oxygen atoms in total. The van der Waals surface area contributed by atoms with Crippen molar-refractivity contribution in [1.82, 2.24) is 10.2 Å². The molecule has 0 bridgehead atoms. The molecule has 3 atom stereocenters. The maximum atomic E-state index is 11.8. The van der Waals surface area contributed by atoms with Gasteiger partial charge in [-0.25, -0.2) is 4.79 Å². The zero-order valence-corrected chi connectivity index (χ0v) is 10.4. The summed E-state index contributed by atoms with van der Waals surface area (Å²) in [5, 5.41) is 20.2. The van der Waals surface area contributed by atoms with Crippen molar-refractivity contribution in [2.45, 2.75) is 13.0 Å². The summed E-state index contributed by atoms with van der Waals surface area (Å²) in [6.45, 7) is 2.32. The number of urea groups is 1. The monoisotopic (exact) mass is 255 g/mol. The predicted molar refractivity (Wildman–Crippen MR) is 61.7 cm³/mol. The Morgan fingerprint density at radius 3 is 2.83 bits per heavy atom. The van der Waals surface area contributed by atoms with Crippen molar-refractivity contribution >= 4 is 12.0 Å². The SMILES string of the molecule is CC(C#N)CN(C)C(=O)NC1COCC1C(=O)O. The van der Waals surface area contributed by atoms with Crippen LogP contribution in [0.25, 0.3) is 0 Å². The molecule has 0 aromatic rings. The Kier molecular flexibility index (Phi) is 4.92. The lowest BCUT2D eigenvalue weighted by atomic mass is 10.0. The van der Waals surface area contributed by atoms with Crippen LogP contribution in [0.5, 0.6) is 0 Å². The second-order valence-electron chi connectivity index (χ2n) is 4.45. The Bertz CT molecular complexity index is 366. The second kappa shape index (κ2) is 6.21. The molecular weight excluding hydrogens is 238 g/mol. The van der Waals surface area contributed by atoms with Crippen LogP contribution in [0.2, 0.25) is 0 Å². The average Bonchev–Trinajstić information content (AvgIpc) is 2.76. The molecule has 18 heavy (non-hydrogen) atoms. The first-order chi connectivity index (χ1) is 8.45. The molecule has 1 aliphatic rings. The molecule has 0 aliphatic carbocycles. The highest BCUT2D eigenvalue weighted by molar-refractivity contribution is 5.77. The minimum absolute atomic E-state index is 0.110. The van der Waals surface area contributed by atoms with Gasteiger partial charge in [-0.05, 0) is 6.92 Å². The average molecular weight is 255 g/mol. The molecule has 0 aromatic carbocycles. The van der Waals surface area contributed by atoms with Crippen LogP contribution in [0.15, 0.2) is 0 Å². The highest BCUT2D eigenvalue weighted by atomic mass is 16.5. The fraction of sp³-hybridized carbons (Fsp3) is 0.727.